The van der Waals surface area contributed by atoms with Crippen LogP contribution in [-0.2, 0) is 0 Å². The summed E-state index contributed by atoms with van der Waals surface area (Å²) in [5.74, 6) is 0.976. The van der Waals surface area contributed by atoms with Crippen molar-refractivity contribution in [3.63, 3.8) is 0 Å². The first kappa shape index (κ1) is 11.9. The molecule has 1 aromatic rings. The Morgan fingerprint density at radius 2 is 1.07 bits per heavy atom. The summed E-state index contributed by atoms with van der Waals surface area (Å²) in [6.45, 7) is 8.69. The molecule has 0 aliphatic heterocycles. The molecule has 2 heteroatoms. The predicted molar refractivity (Wildman–Crippen MR) is 64.6 cm³/mol. The first-order chi connectivity index (χ1) is 6.43. The van der Waals surface area contributed by atoms with Gasteiger partial charge in [0.05, 0.1) is 10.0 Å². The Kier molecular flexibility index (Phi) is 3.86. The van der Waals surface area contributed by atoms with Crippen LogP contribution in [0.1, 0.15) is 50.7 Å². The average molecular weight is 231 g/mol. The second-order valence-electron chi connectivity index (χ2n) is 4.20. The number of rotatable bonds is 2. The molecule has 78 valence electrons. The lowest BCUT2D eigenvalue weighted by Crippen LogP contribution is -1.98. The fourth-order valence-electron chi connectivity index (χ4n) is 1.58. The standard InChI is InChI=1S/C12H16Cl2/c1-7(2)9-5-11(13)12(14)6-10(9)8(3)4/h5-8H,1-4H3. The Hall–Kier alpha value is -0.200. The normalized spacial score (nSPS) is 11.4. The molecule has 0 aliphatic carbocycles. The van der Waals surface area contributed by atoms with Crippen molar-refractivity contribution >= 4 is 23.2 Å². The van der Waals surface area contributed by atoms with E-state index in [9.17, 15) is 0 Å². The number of hydrogen-bond donors (Lipinski definition) is 0. The maximum absolute atomic E-state index is 6.00. The van der Waals surface area contributed by atoms with E-state index in [4.69, 9.17) is 23.2 Å². The van der Waals surface area contributed by atoms with Crippen molar-refractivity contribution < 1.29 is 0 Å². The molecule has 0 atom stereocenters. The van der Waals surface area contributed by atoms with Crippen molar-refractivity contribution in [3.8, 4) is 0 Å². The van der Waals surface area contributed by atoms with Gasteiger partial charge in [0.2, 0.25) is 0 Å². The van der Waals surface area contributed by atoms with E-state index >= 15 is 0 Å². The minimum absolute atomic E-state index is 0.488. The van der Waals surface area contributed by atoms with E-state index in [1.807, 2.05) is 12.1 Å². The first-order valence-electron chi connectivity index (χ1n) is 4.92. The van der Waals surface area contributed by atoms with E-state index in [1.54, 1.807) is 0 Å². The highest BCUT2D eigenvalue weighted by Crippen LogP contribution is 2.33. The molecule has 0 radical (unpaired) electrons. The van der Waals surface area contributed by atoms with Crippen LogP contribution >= 0.6 is 23.2 Å². The quantitative estimate of drug-likeness (QED) is 0.652. The molecule has 0 heterocycles. The molecular formula is C12H16Cl2. The van der Waals surface area contributed by atoms with Crippen molar-refractivity contribution in [2.24, 2.45) is 0 Å². The Bertz CT molecular complexity index is 294. The summed E-state index contributed by atoms with van der Waals surface area (Å²) in [6, 6.07) is 3.98. The zero-order chi connectivity index (χ0) is 10.9. The molecule has 0 saturated carbocycles. The molecule has 0 fully saturated rings. The number of halogens is 2. The van der Waals surface area contributed by atoms with Gasteiger partial charge in [0.15, 0.2) is 0 Å². The van der Waals surface area contributed by atoms with Gasteiger partial charge < -0.3 is 0 Å². The zero-order valence-electron chi connectivity index (χ0n) is 9.07. The lowest BCUT2D eigenvalue weighted by Gasteiger charge is -2.16. The molecule has 0 saturated heterocycles. The summed E-state index contributed by atoms with van der Waals surface area (Å²) < 4.78 is 0. The summed E-state index contributed by atoms with van der Waals surface area (Å²) in [7, 11) is 0. The second kappa shape index (κ2) is 4.55. The Balaban J connectivity index is 3.31. The van der Waals surface area contributed by atoms with Crippen LogP contribution in [0.25, 0.3) is 0 Å². The minimum Gasteiger partial charge on any atom is -0.0827 e. The predicted octanol–water partition coefficient (Wildman–Crippen LogP) is 5.24. The minimum atomic E-state index is 0.488. The summed E-state index contributed by atoms with van der Waals surface area (Å²) >= 11 is 12.0. The second-order valence-corrected chi connectivity index (χ2v) is 5.02. The van der Waals surface area contributed by atoms with Gasteiger partial charge in [0, 0.05) is 0 Å². The Morgan fingerprint density at radius 3 is 1.29 bits per heavy atom. The molecule has 0 aromatic heterocycles. The highest BCUT2D eigenvalue weighted by atomic mass is 35.5. The third-order valence-corrected chi connectivity index (χ3v) is 3.09. The molecule has 0 spiro atoms. The van der Waals surface area contributed by atoms with Crippen LogP contribution in [0.3, 0.4) is 0 Å². The fraction of sp³-hybridized carbons (Fsp3) is 0.500. The van der Waals surface area contributed by atoms with Gasteiger partial charge in [-0.25, -0.2) is 0 Å². The van der Waals surface area contributed by atoms with Crippen LogP contribution in [0.2, 0.25) is 10.0 Å². The van der Waals surface area contributed by atoms with Gasteiger partial charge in [-0.1, -0.05) is 50.9 Å². The third-order valence-electron chi connectivity index (χ3n) is 2.37. The van der Waals surface area contributed by atoms with Crippen LogP contribution in [0.5, 0.6) is 0 Å². The van der Waals surface area contributed by atoms with Crippen LogP contribution in [0.15, 0.2) is 12.1 Å². The topological polar surface area (TPSA) is 0 Å². The van der Waals surface area contributed by atoms with Crippen LogP contribution < -0.4 is 0 Å². The van der Waals surface area contributed by atoms with Gasteiger partial charge in [0.25, 0.3) is 0 Å². The van der Waals surface area contributed by atoms with Gasteiger partial charge in [-0.05, 0) is 35.1 Å². The van der Waals surface area contributed by atoms with Gasteiger partial charge >= 0.3 is 0 Å². The molecule has 0 N–H and O–H groups in total. The molecule has 1 aromatic carbocycles. The van der Waals surface area contributed by atoms with Crippen LogP contribution in [0, 0.1) is 0 Å². The third kappa shape index (κ3) is 2.43. The van der Waals surface area contributed by atoms with E-state index in [0.717, 1.165) is 0 Å². The first-order valence-corrected chi connectivity index (χ1v) is 5.68. The Morgan fingerprint density at radius 1 is 0.786 bits per heavy atom. The summed E-state index contributed by atoms with van der Waals surface area (Å²) in [4.78, 5) is 0. The molecule has 0 amide bonds. The van der Waals surface area contributed by atoms with E-state index < -0.39 is 0 Å². The fourth-order valence-corrected chi connectivity index (χ4v) is 1.92. The lowest BCUT2D eigenvalue weighted by atomic mass is 9.91. The zero-order valence-corrected chi connectivity index (χ0v) is 10.6. The molecule has 0 nitrogen and oxygen atoms in total. The SMILES string of the molecule is CC(C)c1cc(Cl)c(Cl)cc1C(C)C. The summed E-state index contributed by atoms with van der Waals surface area (Å²) in [6.07, 6.45) is 0. The summed E-state index contributed by atoms with van der Waals surface area (Å²) in [5, 5.41) is 1.31. The van der Waals surface area contributed by atoms with Gasteiger partial charge in [-0.15, -0.1) is 0 Å². The van der Waals surface area contributed by atoms with Crippen LogP contribution in [0.4, 0.5) is 0 Å². The van der Waals surface area contributed by atoms with Crippen molar-refractivity contribution in [1.82, 2.24) is 0 Å². The van der Waals surface area contributed by atoms with Crippen molar-refractivity contribution in [2.75, 3.05) is 0 Å². The molecule has 1 rings (SSSR count). The van der Waals surface area contributed by atoms with Gasteiger partial charge in [-0.3, -0.25) is 0 Å². The molecule has 0 aliphatic rings. The average Bonchev–Trinajstić information content (AvgIpc) is 2.08. The molecule has 0 bridgehead atoms. The van der Waals surface area contributed by atoms with E-state index in [-0.39, 0.29) is 0 Å². The van der Waals surface area contributed by atoms with Crippen molar-refractivity contribution in [3.05, 3.63) is 33.3 Å². The molecular weight excluding hydrogens is 215 g/mol. The summed E-state index contributed by atoms with van der Waals surface area (Å²) in [5.41, 5.74) is 2.60. The van der Waals surface area contributed by atoms with Crippen molar-refractivity contribution in [1.29, 1.82) is 0 Å². The van der Waals surface area contributed by atoms with E-state index in [2.05, 4.69) is 27.7 Å². The monoisotopic (exact) mass is 230 g/mol. The smallest absolute Gasteiger partial charge is 0.0595 e. The highest BCUT2D eigenvalue weighted by molar-refractivity contribution is 6.42. The molecule has 0 unspecified atom stereocenters. The number of benzene rings is 1. The van der Waals surface area contributed by atoms with E-state index in [1.165, 1.54) is 11.1 Å². The number of hydrogen-bond acceptors (Lipinski definition) is 0. The van der Waals surface area contributed by atoms with Crippen molar-refractivity contribution in [2.45, 2.75) is 39.5 Å². The largest absolute Gasteiger partial charge is 0.0827 e. The van der Waals surface area contributed by atoms with E-state index in [0.29, 0.717) is 21.9 Å². The van der Waals surface area contributed by atoms with Crippen LogP contribution in [-0.4, -0.2) is 0 Å². The lowest BCUT2D eigenvalue weighted by molar-refractivity contribution is 0.790. The van der Waals surface area contributed by atoms with Gasteiger partial charge in [-0.2, -0.15) is 0 Å². The maximum atomic E-state index is 6.00. The highest BCUT2D eigenvalue weighted by Gasteiger charge is 2.12. The Labute approximate surface area is 96.2 Å². The maximum Gasteiger partial charge on any atom is 0.0595 e. The molecule has 14 heavy (non-hydrogen) atoms. The van der Waals surface area contributed by atoms with Gasteiger partial charge in [0.1, 0.15) is 0 Å².